The van der Waals surface area contributed by atoms with E-state index < -0.39 is 10.0 Å². The van der Waals surface area contributed by atoms with Crippen LogP contribution in [0.15, 0.2) is 27.6 Å². The Morgan fingerprint density at radius 1 is 1.15 bits per heavy atom. The van der Waals surface area contributed by atoms with Crippen molar-refractivity contribution in [1.82, 2.24) is 14.4 Å². The normalized spacial score (nSPS) is 17.8. The van der Waals surface area contributed by atoms with E-state index >= 15 is 0 Å². The number of anilines is 2. The minimum absolute atomic E-state index is 0.176. The Bertz CT molecular complexity index is 1060. The van der Waals surface area contributed by atoms with Gasteiger partial charge in [0.2, 0.25) is 21.8 Å². The average molecular weight is 496 g/mol. The van der Waals surface area contributed by atoms with E-state index in [4.69, 9.17) is 9.26 Å². The highest BCUT2D eigenvalue weighted by Crippen LogP contribution is 2.32. The number of carbonyl (C=O) groups is 1. The van der Waals surface area contributed by atoms with Gasteiger partial charge in [-0.25, -0.2) is 8.42 Å². The van der Waals surface area contributed by atoms with Gasteiger partial charge in [-0.3, -0.25) is 4.79 Å². The van der Waals surface area contributed by atoms with Crippen molar-refractivity contribution in [2.75, 3.05) is 55.4 Å². The second kappa shape index (κ2) is 10.9. The first-order valence-electron chi connectivity index (χ1n) is 11.1. The summed E-state index contributed by atoms with van der Waals surface area (Å²) in [5, 5.41) is 6.77. The molecule has 1 aromatic heterocycles. The van der Waals surface area contributed by atoms with Crippen LogP contribution < -0.4 is 10.2 Å². The predicted molar refractivity (Wildman–Crippen MR) is 126 cm³/mol. The van der Waals surface area contributed by atoms with Crippen molar-refractivity contribution in [2.24, 2.45) is 0 Å². The summed E-state index contributed by atoms with van der Waals surface area (Å²) in [6.07, 6.45) is 3.32. The number of nitrogens with one attached hydrogen (secondary N) is 1. The minimum atomic E-state index is -3.67. The topological polar surface area (TPSA) is 118 Å². The number of carbonyl (C=O) groups excluding carboxylic acids is 1. The summed E-state index contributed by atoms with van der Waals surface area (Å²) < 4.78 is 38.0. The molecule has 0 aliphatic carbocycles. The molecule has 10 nitrogen and oxygen atoms in total. The maximum absolute atomic E-state index is 13.2. The van der Waals surface area contributed by atoms with Crippen molar-refractivity contribution < 1.29 is 22.5 Å². The number of hydrogen-bond donors (Lipinski definition) is 1. The number of rotatable bonds is 8. The summed E-state index contributed by atoms with van der Waals surface area (Å²) in [6.45, 7) is 4.88. The molecule has 33 heavy (non-hydrogen) atoms. The molecule has 0 saturated carbocycles. The zero-order valence-corrected chi connectivity index (χ0v) is 20.3. The number of morpholine rings is 1. The minimum Gasteiger partial charge on any atom is -0.379 e. The fourth-order valence-corrected chi connectivity index (χ4v) is 6.04. The van der Waals surface area contributed by atoms with E-state index in [-0.39, 0.29) is 16.6 Å². The molecule has 2 saturated heterocycles. The third-order valence-electron chi connectivity index (χ3n) is 5.58. The van der Waals surface area contributed by atoms with E-state index in [1.54, 1.807) is 19.1 Å². The van der Waals surface area contributed by atoms with Gasteiger partial charge in [0.05, 0.1) is 41.0 Å². The Balaban J connectivity index is 1.51. The Labute approximate surface area is 198 Å². The van der Waals surface area contributed by atoms with Crippen molar-refractivity contribution in [1.29, 1.82) is 0 Å². The second-order valence-electron chi connectivity index (χ2n) is 8.01. The van der Waals surface area contributed by atoms with Gasteiger partial charge in [0.25, 0.3) is 0 Å². The van der Waals surface area contributed by atoms with Gasteiger partial charge < -0.3 is 19.5 Å². The van der Waals surface area contributed by atoms with Crippen LogP contribution in [0.4, 0.5) is 11.4 Å². The Morgan fingerprint density at radius 3 is 2.61 bits per heavy atom. The number of sulfonamides is 1. The summed E-state index contributed by atoms with van der Waals surface area (Å²) in [4.78, 5) is 19.2. The van der Waals surface area contributed by atoms with E-state index in [2.05, 4.69) is 20.4 Å². The van der Waals surface area contributed by atoms with Crippen LogP contribution in [-0.4, -0.2) is 73.9 Å². The summed E-state index contributed by atoms with van der Waals surface area (Å²) in [7, 11) is -3.67. The maximum atomic E-state index is 13.2. The number of benzene rings is 1. The molecule has 0 bridgehead atoms. The lowest BCUT2D eigenvalue weighted by molar-refractivity contribution is -0.113. The highest BCUT2D eigenvalue weighted by molar-refractivity contribution is 7.99. The molecule has 2 fully saturated rings. The van der Waals surface area contributed by atoms with Crippen LogP contribution in [0.2, 0.25) is 0 Å². The maximum Gasteiger partial charge on any atom is 0.243 e. The zero-order chi connectivity index (χ0) is 23.3. The zero-order valence-electron chi connectivity index (χ0n) is 18.7. The number of aryl methyl sites for hydroxylation is 1. The summed E-state index contributed by atoms with van der Waals surface area (Å²) >= 11 is 1.37. The van der Waals surface area contributed by atoms with Crippen molar-refractivity contribution in [2.45, 2.75) is 36.8 Å². The molecule has 0 atom stereocenters. The van der Waals surface area contributed by atoms with E-state index in [9.17, 15) is 13.2 Å². The largest absolute Gasteiger partial charge is 0.379 e. The van der Waals surface area contributed by atoms with Crippen molar-refractivity contribution in [3.63, 3.8) is 0 Å². The van der Waals surface area contributed by atoms with Gasteiger partial charge in [0.1, 0.15) is 0 Å². The third-order valence-corrected chi connectivity index (χ3v) is 8.40. The highest BCUT2D eigenvalue weighted by Gasteiger charge is 2.28. The Hall–Kier alpha value is -2.15. The number of piperidine rings is 1. The first-order chi connectivity index (χ1) is 15.9. The number of amides is 1. The van der Waals surface area contributed by atoms with Gasteiger partial charge in [-0.15, -0.1) is 11.8 Å². The van der Waals surface area contributed by atoms with Crippen LogP contribution in [0.1, 0.15) is 31.0 Å². The first kappa shape index (κ1) is 24.0. The average Bonchev–Trinajstić information content (AvgIpc) is 3.25. The molecule has 0 radical (unpaired) electrons. The highest BCUT2D eigenvalue weighted by atomic mass is 32.2. The lowest BCUT2D eigenvalue weighted by Crippen LogP contribution is -2.40. The van der Waals surface area contributed by atoms with E-state index in [0.29, 0.717) is 49.5 Å². The second-order valence-corrected chi connectivity index (χ2v) is 10.9. The molecule has 2 aliphatic heterocycles. The van der Waals surface area contributed by atoms with Crippen molar-refractivity contribution >= 4 is 39.1 Å². The number of hydrogen-bond acceptors (Lipinski definition) is 9. The standard InChI is InChI=1S/C21H29N5O5S2/c1-16-22-20(24-31-16)14-32-15-21(27)23-18-13-17(33(28,29)26-9-11-30-12-10-26)5-6-19(18)25-7-3-2-4-8-25/h5-6,13H,2-4,7-12,14-15H2,1H3,(H,23,27). The Kier molecular flexibility index (Phi) is 7.89. The fraction of sp³-hybridized carbons (Fsp3) is 0.571. The molecule has 2 aromatic rings. The quantitative estimate of drug-likeness (QED) is 0.588. The lowest BCUT2D eigenvalue weighted by atomic mass is 10.1. The molecule has 4 rings (SSSR count). The summed E-state index contributed by atoms with van der Waals surface area (Å²) in [5.74, 6) is 1.46. The molecule has 12 heteroatoms. The van der Waals surface area contributed by atoms with Crippen LogP contribution in [0.3, 0.4) is 0 Å². The van der Waals surface area contributed by atoms with Gasteiger partial charge in [0.15, 0.2) is 5.82 Å². The summed E-state index contributed by atoms with van der Waals surface area (Å²) in [6, 6.07) is 5.03. The molecular formula is C21H29N5O5S2. The van der Waals surface area contributed by atoms with Crippen LogP contribution >= 0.6 is 11.8 Å². The van der Waals surface area contributed by atoms with Crippen LogP contribution in [0, 0.1) is 6.92 Å². The summed E-state index contributed by atoms with van der Waals surface area (Å²) in [5.41, 5.74) is 1.37. The van der Waals surface area contributed by atoms with Crippen molar-refractivity contribution in [3.8, 4) is 0 Å². The molecular weight excluding hydrogens is 466 g/mol. The van der Waals surface area contributed by atoms with Gasteiger partial charge in [0, 0.05) is 33.1 Å². The smallest absolute Gasteiger partial charge is 0.243 e. The third kappa shape index (κ3) is 6.05. The first-order valence-corrected chi connectivity index (χ1v) is 13.7. The molecule has 1 amide bonds. The molecule has 0 spiro atoms. The molecule has 1 aromatic carbocycles. The number of aromatic nitrogens is 2. The SMILES string of the molecule is Cc1nc(CSCC(=O)Nc2cc(S(=O)(=O)N3CCOCC3)ccc2N2CCCCC2)no1. The molecule has 1 N–H and O–H groups in total. The van der Waals surface area contributed by atoms with Gasteiger partial charge in [-0.2, -0.15) is 9.29 Å². The Morgan fingerprint density at radius 2 is 1.91 bits per heavy atom. The van der Waals surface area contributed by atoms with Crippen LogP contribution in [0.5, 0.6) is 0 Å². The molecule has 0 unspecified atom stereocenters. The van der Waals surface area contributed by atoms with Gasteiger partial charge >= 0.3 is 0 Å². The fourth-order valence-electron chi connectivity index (χ4n) is 3.94. The lowest BCUT2D eigenvalue weighted by Gasteiger charge is -2.31. The monoisotopic (exact) mass is 495 g/mol. The van der Waals surface area contributed by atoms with Crippen LogP contribution in [-0.2, 0) is 25.3 Å². The predicted octanol–water partition coefficient (Wildman–Crippen LogP) is 2.26. The van der Waals surface area contributed by atoms with Crippen molar-refractivity contribution in [3.05, 3.63) is 29.9 Å². The van der Waals surface area contributed by atoms with E-state index in [1.165, 1.54) is 22.5 Å². The number of thioether (sulfide) groups is 1. The van der Waals surface area contributed by atoms with Gasteiger partial charge in [-0.05, 0) is 37.5 Å². The molecule has 2 aliphatic rings. The number of nitrogens with zero attached hydrogens (tertiary/aromatic N) is 4. The van der Waals surface area contributed by atoms with E-state index in [0.717, 1.165) is 31.6 Å². The van der Waals surface area contributed by atoms with Gasteiger partial charge in [-0.1, -0.05) is 5.16 Å². The number of ether oxygens (including phenoxy) is 1. The van der Waals surface area contributed by atoms with Crippen LogP contribution in [0.25, 0.3) is 0 Å². The van der Waals surface area contributed by atoms with E-state index in [1.807, 2.05) is 6.07 Å². The molecule has 180 valence electrons. The molecule has 3 heterocycles.